The molecule has 0 aromatic heterocycles. The van der Waals surface area contributed by atoms with Gasteiger partial charge in [0.15, 0.2) is 0 Å². The van der Waals surface area contributed by atoms with Crippen molar-refractivity contribution in [3.63, 3.8) is 0 Å². The van der Waals surface area contributed by atoms with Crippen LogP contribution in [0.3, 0.4) is 0 Å². The highest BCUT2D eigenvalue weighted by Crippen LogP contribution is 2.27. The maximum Gasteiger partial charge on any atom is 0.255 e. The van der Waals surface area contributed by atoms with Gasteiger partial charge in [0.05, 0.1) is 10.6 Å². The van der Waals surface area contributed by atoms with Crippen LogP contribution in [0.5, 0.6) is 0 Å². The van der Waals surface area contributed by atoms with Crippen molar-refractivity contribution >= 4 is 29.9 Å². The third-order valence-corrected chi connectivity index (χ3v) is 4.61. The Balaban J connectivity index is 0.00000147. The summed E-state index contributed by atoms with van der Waals surface area (Å²) in [7, 11) is 0. The molecular weight excluding hydrogens is 295 g/mol. The van der Waals surface area contributed by atoms with Gasteiger partial charge in [0.1, 0.15) is 0 Å². The Bertz CT molecular complexity index is 507. The Hall–Kier alpha value is -0.770. The molecule has 2 unspecified atom stereocenters. The van der Waals surface area contributed by atoms with Crippen molar-refractivity contribution in [2.75, 3.05) is 19.6 Å². The fourth-order valence-corrected chi connectivity index (χ4v) is 3.51. The number of carbonyl (C=O) groups excluding carboxylic acids is 1. The summed E-state index contributed by atoms with van der Waals surface area (Å²) in [5, 5.41) is 4.08. The minimum Gasteiger partial charge on any atom is -0.338 e. The lowest BCUT2D eigenvalue weighted by Gasteiger charge is -2.35. The van der Waals surface area contributed by atoms with Crippen LogP contribution in [-0.2, 0) is 0 Å². The van der Waals surface area contributed by atoms with Gasteiger partial charge in [-0.3, -0.25) is 4.79 Å². The van der Waals surface area contributed by atoms with E-state index in [1.807, 2.05) is 30.0 Å². The molecule has 2 saturated heterocycles. The average Bonchev–Trinajstić information content (AvgIpc) is 2.85. The molecule has 2 atom stereocenters. The fourth-order valence-electron chi connectivity index (χ4n) is 3.20. The van der Waals surface area contributed by atoms with Gasteiger partial charge >= 0.3 is 0 Å². The van der Waals surface area contributed by atoms with E-state index in [0.29, 0.717) is 22.5 Å². The zero-order valence-corrected chi connectivity index (χ0v) is 13.1. The fraction of sp³-hybridized carbons (Fsp3) is 0.533. The first kappa shape index (κ1) is 15.6. The standard InChI is InChI=1S/C15H19ClN2O.ClH/c1-10-2-3-12(13(16)8-10)15(19)18-7-5-14-11(9-18)4-6-17-14;/h2-3,8,11,14,17H,4-7,9H2,1H3;1H. The molecule has 0 spiro atoms. The highest BCUT2D eigenvalue weighted by atomic mass is 35.5. The third-order valence-electron chi connectivity index (χ3n) is 4.30. The van der Waals surface area contributed by atoms with Gasteiger partial charge in [0.2, 0.25) is 0 Å². The molecule has 1 N–H and O–H groups in total. The molecule has 2 fully saturated rings. The second-order valence-corrected chi connectivity index (χ2v) is 6.04. The van der Waals surface area contributed by atoms with Crippen LogP contribution in [0.2, 0.25) is 5.02 Å². The van der Waals surface area contributed by atoms with Crippen LogP contribution in [0.15, 0.2) is 18.2 Å². The molecule has 1 aromatic rings. The van der Waals surface area contributed by atoms with Crippen LogP contribution < -0.4 is 5.32 Å². The summed E-state index contributed by atoms with van der Waals surface area (Å²) in [4.78, 5) is 14.5. The molecule has 0 radical (unpaired) electrons. The number of rotatable bonds is 1. The van der Waals surface area contributed by atoms with Crippen molar-refractivity contribution in [2.24, 2.45) is 5.92 Å². The number of fused-ring (bicyclic) bond motifs is 1. The van der Waals surface area contributed by atoms with Crippen molar-refractivity contribution in [1.82, 2.24) is 10.2 Å². The summed E-state index contributed by atoms with van der Waals surface area (Å²) in [6.45, 7) is 4.76. The highest BCUT2D eigenvalue weighted by Gasteiger charge is 2.34. The normalized spacial score (nSPS) is 25.0. The van der Waals surface area contributed by atoms with E-state index in [1.165, 1.54) is 6.42 Å². The van der Waals surface area contributed by atoms with E-state index < -0.39 is 0 Å². The summed E-state index contributed by atoms with van der Waals surface area (Å²) in [5.41, 5.74) is 1.72. The molecule has 1 aromatic carbocycles. The van der Waals surface area contributed by atoms with E-state index >= 15 is 0 Å². The minimum absolute atomic E-state index is 0. The molecule has 0 aliphatic carbocycles. The Kier molecular flexibility index (Phi) is 4.95. The number of aryl methyl sites for hydroxylation is 1. The average molecular weight is 315 g/mol. The SMILES string of the molecule is Cc1ccc(C(=O)N2CCC3NCCC3C2)c(Cl)c1.Cl. The number of hydrogen-bond acceptors (Lipinski definition) is 2. The van der Waals surface area contributed by atoms with Crippen LogP contribution >= 0.6 is 24.0 Å². The van der Waals surface area contributed by atoms with Gasteiger partial charge in [-0.05, 0) is 49.9 Å². The lowest BCUT2D eigenvalue weighted by atomic mass is 9.93. The molecule has 3 nitrogen and oxygen atoms in total. The van der Waals surface area contributed by atoms with E-state index in [-0.39, 0.29) is 18.3 Å². The molecular formula is C15H20Cl2N2O. The first-order valence-corrected chi connectivity index (χ1v) is 7.32. The van der Waals surface area contributed by atoms with Crippen molar-refractivity contribution in [1.29, 1.82) is 0 Å². The second-order valence-electron chi connectivity index (χ2n) is 5.63. The Morgan fingerprint density at radius 3 is 2.95 bits per heavy atom. The number of carbonyl (C=O) groups is 1. The smallest absolute Gasteiger partial charge is 0.255 e. The van der Waals surface area contributed by atoms with Crippen LogP contribution in [-0.4, -0.2) is 36.5 Å². The van der Waals surface area contributed by atoms with E-state index in [0.717, 1.165) is 31.6 Å². The summed E-state index contributed by atoms with van der Waals surface area (Å²) in [6, 6.07) is 6.26. The molecule has 2 aliphatic heterocycles. The minimum atomic E-state index is 0. The molecule has 2 heterocycles. The Morgan fingerprint density at radius 1 is 1.40 bits per heavy atom. The largest absolute Gasteiger partial charge is 0.338 e. The predicted molar refractivity (Wildman–Crippen MR) is 83.9 cm³/mol. The Morgan fingerprint density at radius 2 is 2.20 bits per heavy atom. The maximum absolute atomic E-state index is 12.5. The molecule has 20 heavy (non-hydrogen) atoms. The number of benzene rings is 1. The van der Waals surface area contributed by atoms with E-state index in [2.05, 4.69) is 5.32 Å². The first-order chi connectivity index (χ1) is 9.15. The maximum atomic E-state index is 12.5. The Labute approximate surface area is 131 Å². The lowest BCUT2D eigenvalue weighted by Crippen LogP contribution is -2.46. The second kappa shape index (κ2) is 6.33. The van der Waals surface area contributed by atoms with Crippen molar-refractivity contribution in [2.45, 2.75) is 25.8 Å². The van der Waals surface area contributed by atoms with Crippen LogP contribution in [0.1, 0.15) is 28.8 Å². The van der Waals surface area contributed by atoms with Gasteiger partial charge in [-0.25, -0.2) is 0 Å². The summed E-state index contributed by atoms with van der Waals surface area (Å²) >= 11 is 6.20. The molecule has 0 bridgehead atoms. The topological polar surface area (TPSA) is 32.3 Å². The predicted octanol–water partition coefficient (Wildman–Crippen LogP) is 2.89. The van der Waals surface area contributed by atoms with Crippen LogP contribution in [0, 0.1) is 12.8 Å². The van der Waals surface area contributed by atoms with Crippen LogP contribution in [0.25, 0.3) is 0 Å². The zero-order valence-electron chi connectivity index (χ0n) is 11.6. The van der Waals surface area contributed by atoms with Gasteiger partial charge < -0.3 is 10.2 Å². The van der Waals surface area contributed by atoms with Gasteiger partial charge in [-0.15, -0.1) is 12.4 Å². The molecule has 110 valence electrons. The number of amides is 1. The molecule has 2 aliphatic rings. The van der Waals surface area contributed by atoms with E-state index in [9.17, 15) is 4.79 Å². The zero-order chi connectivity index (χ0) is 13.4. The van der Waals surface area contributed by atoms with Crippen molar-refractivity contribution in [3.05, 3.63) is 34.3 Å². The quantitative estimate of drug-likeness (QED) is 0.864. The van der Waals surface area contributed by atoms with Gasteiger partial charge in [-0.2, -0.15) is 0 Å². The van der Waals surface area contributed by atoms with Gasteiger partial charge in [0.25, 0.3) is 5.91 Å². The molecule has 3 rings (SSSR count). The van der Waals surface area contributed by atoms with E-state index in [1.54, 1.807) is 0 Å². The molecule has 5 heteroatoms. The highest BCUT2D eigenvalue weighted by molar-refractivity contribution is 6.33. The monoisotopic (exact) mass is 314 g/mol. The van der Waals surface area contributed by atoms with Crippen molar-refractivity contribution < 1.29 is 4.79 Å². The van der Waals surface area contributed by atoms with Gasteiger partial charge in [-0.1, -0.05) is 17.7 Å². The third kappa shape index (κ3) is 2.95. The summed E-state index contributed by atoms with van der Waals surface area (Å²) in [5.74, 6) is 0.692. The summed E-state index contributed by atoms with van der Waals surface area (Å²) in [6.07, 6.45) is 2.23. The number of halogens is 2. The van der Waals surface area contributed by atoms with E-state index in [4.69, 9.17) is 11.6 Å². The lowest BCUT2D eigenvalue weighted by molar-refractivity contribution is 0.0662. The number of piperidine rings is 1. The van der Waals surface area contributed by atoms with Crippen molar-refractivity contribution in [3.8, 4) is 0 Å². The number of nitrogens with zero attached hydrogens (tertiary/aromatic N) is 1. The number of nitrogens with one attached hydrogen (secondary N) is 1. The van der Waals surface area contributed by atoms with Crippen LogP contribution in [0.4, 0.5) is 0 Å². The number of likely N-dealkylation sites (tertiary alicyclic amines) is 1. The number of hydrogen-bond donors (Lipinski definition) is 1. The van der Waals surface area contributed by atoms with Gasteiger partial charge in [0, 0.05) is 19.1 Å². The molecule has 1 amide bonds. The first-order valence-electron chi connectivity index (χ1n) is 6.94. The summed E-state index contributed by atoms with van der Waals surface area (Å²) < 4.78 is 0. The molecule has 0 saturated carbocycles.